The van der Waals surface area contributed by atoms with E-state index in [0.29, 0.717) is 10.7 Å². The molecule has 0 spiro atoms. The molecule has 240 valence electrons. The van der Waals surface area contributed by atoms with Gasteiger partial charge in [0, 0.05) is 32.1 Å². The van der Waals surface area contributed by atoms with Crippen molar-refractivity contribution in [3.63, 3.8) is 0 Å². The first kappa shape index (κ1) is 33.1. The number of ether oxygens (including phenoxy) is 2. The normalized spacial score (nSPS) is 19.3. The van der Waals surface area contributed by atoms with Crippen molar-refractivity contribution in [3.8, 4) is 6.07 Å². The Labute approximate surface area is 273 Å². The average Bonchev–Trinajstić information content (AvgIpc) is 3.48. The number of tetrazole rings is 1. The minimum absolute atomic E-state index is 0.00296. The number of aromatic nitrogens is 4. The SMILES string of the molecule is CO[C@@]1(NC(=O)CS(=O)(=O)CCC#N)C(=O)N2C(C(=O)OC(c3ccccc3)c3ccccc3)=C(CSc3nnnn3C)CS[C@@H]21. The number of esters is 1. The molecule has 0 unspecified atom stereocenters. The highest BCUT2D eigenvalue weighted by atomic mass is 32.2. The van der Waals surface area contributed by atoms with E-state index < -0.39 is 56.3 Å². The lowest BCUT2D eigenvalue weighted by atomic mass is 9.98. The molecule has 1 saturated heterocycles. The zero-order valence-corrected chi connectivity index (χ0v) is 27.2. The lowest BCUT2D eigenvalue weighted by molar-refractivity contribution is -0.192. The first-order valence-electron chi connectivity index (χ1n) is 13.9. The van der Waals surface area contributed by atoms with Gasteiger partial charge in [-0.05, 0) is 27.1 Å². The number of benzene rings is 2. The van der Waals surface area contributed by atoms with Crippen molar-refractivity contribution in [1.82, 2.24) is 30.4 Å². The molecule has 3 heterocycles. The average molecular weight is 684 g/mol. The summed E-state index contributed by atoms with van der Waals surface area (Å²) in [5.41, 5.74) is 0.0788. The molecule has 1 aromatic heterocycles. The number of hydrogen-bond acceptors (Lipinski definition) is 13. The quantitative estimate of drug-likeness (QED) is 0.119. The molecule has 2 aliphatic rings. The van der Waals surface area contributed by atoms with Crippen molar-refractivity contribution in [2.24, 2.45) is 7.05 Å². The van der Waals surface area contributed by atoms with E-state index in [4.69, 9.17) is 14.7 Å². The van der Waals surface area contributed by atoms with Crippen molar-refractivity contribution in [3.05, 3.63) is 83.1 Å². The standard InChI is InChI=1S/C29H29N7O7S3/c1-35-28(32-33-34-35)45-17-21-16-44-27-29(42-2,31-22(37)18-46(40,41)15-9-14-30)26(39)36(27)23(21)25(38)43-24(19-10-5-3-6-11-19)20-12-7-4-8-13-20/h3-8,10-13,24,27H,9,15-18H2,1-2H3,(H,31,37)/t27-,29+/m1/s1. The lowest BCUT2D eigenvalue weighted by Gasteiger charge is -2.56. The van der Waals surface area contributed by atoms with Crippen LogP contribution in [0, 0.1) is 11.3 Å². The second-order valence-corrected chi connectivity index (χ2v) is 14.5. The van der Waals surface area contributed by atoms with Crippen LogP contribution in [0.5, 0.6) is 0 Å². The van der Waals surface area contributed by atoms with Crippen molar-refractivity contribution in [2.45, 2.75) is 28.8 Å². The lowest BCUT2D eigenvalue weighted by Crippen LogP contribution is -2.81. The fourth-order valence-electron chi connectivity index (χ4n) is 5.00. The Kier molecular flexibility index (Phi) is 10.1. The highest BCUT2D eigenvalue weighted by Gasteiger charge is 2.67. The van der Waals surface area contributed by atoms with Crippen LogP contribution in [0.15, 0.2) is 77.1 Å². The van der Waals surface area contributed by atoms with Gasteiger partial charge in [0.25, 0.3) is 11.6 Å². The third-order valence-electron chi connectivity index (χ3n) is 7.21. The highest BCUT2D eigenvalue weighted by Crippen LogP contribution is 2.48. The van der Waals surface area contributed by atoms with Crippen LogP contribution in [0.2, 0.25) is 0 Å². The van der Waals surface area contributed by atoms with Crippen LogP contribution < -0.4 is 5.32 Å². The molecule has 2 atom stereocenters. The summed E-state index contributed by atoms with van der Waals surface area (Å²) < 4.78 is 37.8. The molecule has 0 radical (unpaired) electrons. The van der Waals surface area contributed by atoms with Crippen molar-refractivity contribution in [1.29, 1.82) is 5.26 Å². The number of carbonyl (C=O) groups is 3. The largest absolute Gasteiger partial charge is 0.448 e. The smallest absolute Gasteiger partial charge is 0.356 e. The van der Waals surface area contributed by atoms with Gasteiger partial charge in [-0.2, -0.15) is 5.26 Å². The first-order chi connectivity index (χ1) is 22.1. The molecule has 46 heavy (non-hydrogen) atoms. The molecule has 1 N–H and O–H groups in total. The number of thioether (sulfide) groups is 2. The highest BCUT2D eigenvalue weighted by molar-refractivity contribution is 8.01. The van der Waals surface area contributed by atoms with Gasteiger partial charge in [-0.1, -0.05) is 72.4 Å². The van der Waals surface area contributed by atoms with E-state index in [-0.39, 0.29) is 23.6 Å². The van der Waals surface area contributed by atoms with Crippen molar-refractivity contribution >= 4 is 51.1 Å². The van der Waals surface area contributed by atoms with Crippen LogP contribution in [0.25, 0.3) is 0 Å². The van der Waals surface area contributed by atoms with Gasteiger partial charge in [0.1, 0.15) is 16.8 Å². The number of aryl methyl sites for hydroxylation is 1. The van der Waals surface area contributed by atoms with E-state index in [1.807, 2.05) is 60.7 Å². The summed E-state index contributed by atoms with van der Waals surface area (Å²) in [6.45, 7) is 0. The van der Waals surface area contributed by atoms with E-state index in [9.17, 15) is 22.8 Å². The van der Waals surface area contributed by atoms with E-state index in [1.165, 1.54) is 40.2 Å². The molecule has 0 saturated carbocycles. The maximum atomic E-state index is 14.2. The first-order valence-corrected chi connectivity index (χ1v) is 17.7. The van der Waals surface area contributed by atoms with Gasteiger partial charge >= 0.3 is 5.97 Å². The zero-order valence-electron chi connectivity index (χ0n) is 24.7. The fraction of sp³-hybridized carbons (Fsp3) is 0.345. The number of hydrogen-bond donors (Lipinski definition) is 1. The molecular weight excluding hydrogens is 655 g/mol. The summed E-state index contributed by atoms with van der Waals surface area (Å²) in [5.74, 6) is -3.43. The number of amides is 2. The predicted molar refractivity (Wildman–Crippen MR) is 167 cm³/mol. The van der Waals surface area contributed by atoms with Gasteiger partial charge < -0.3 is 14.8 Å². The molecule has 2 aromatic carbocycles. The number of β-lactam (4-membered cyclic amide) rings is 1. The molecule has 0 bridgehead atoms. The number of nitrogens with one attached hydrogen (secondary N) is 1. The Hall–Kier alpha value is -4.24. The Morgan fingerprint density at radius 2 is 1.83 bits per heavy atom. The number of nitriles is 1. The second-order valence-electron chi connectivity index (χ2n) is 10.3. The number of methoxy groups -OCH3 is 1. The third-order valence-corrected chi connectivity index (χ3v) is 11.2. The van der Waals surface area contributed by atoms with Crippen LogP contribution in [0.1, 0.15) is 23.7 Å². The number of rotatable bonds is 13. The maximum absolute atomic E-state index is 14.2. The third kappa shape index (κ3) is 6.79. The van der Waals surface area contributed by atoms with Gasteiger partial charge in [0.15, 0.2) is 15.9 Å². The maximum Gasteiger partial charge on any atom is 0.356 e. The van der Waals surface area contributed by atoms with Crippen LogP contribution in [-0.4, -0.2) is 92.5 Å². The number of nitrogens with zero attached hydrogens (tertiary/aromatic N) is 6. The van der Waals surface area contributed by atoms with Gasteiger partial charge in [-0.15, -0.1) is 16.9 Å². The molecule has 2 aliphatic heterocycles. The van der Waals surface area contributed by atoms with Crippen LogP contribution in [0.4, 0.5) is 0 Å². The Balaban J connectivity index is 1.46. The minimum atomic E-state index is -3.91. The number of carbonyl (C=O) groups excluding carboxylic acids is 3. The fourth-order valence-corrected chi connectivity index (χ4v) is 8.45. The van der Waals surface area contributed by atoms with E-state index >= 15 is 0 Å². The summed E-state index contributed by atoms with van der Waals surface area (Å²) in [7, 11) is -1.02. The summed E-state index contributed by atoms with van der Waals surface area (Å²) >= 11 is 2.51. The summed E-state index contributed by atoms with van der Waals surface area (Å²) in [6.07, 6.45) is -1.07. The summed E-state index contributed by atoms with van der Waals surface area (Å²) in [5, 5.41) is 22.2. The van der Waals surface area contributed by atoms with Gasteiger partial charge in [0.2, 0.25) is 11.1 Å². The summed E-state index contributed by atoms with van der Waals surface area (Å²) in [6, 6.07) is 20.1. The Morgan fingerprint density at radius 1 is 1.17 bits per heavy atom. The predicted octanol–water partition coefficient (Wildman–Crippen LogP) is 1.59. The molecule has 5 rings (SSSR count). The monoisotopic (exact) mass is 683 g/mol. The zero-order chi connectivity index (χ0) is 32.9. The number of sulfone groups is 1. The van der Waals surface area contributed by atoms with E-state index in [2.05, 4.69) is 20.8 Å². The molecule has 2 amide bonds. The topological polar surface area (TPSA) is 186 Å². The Bertz CT molecular complexity index is 1760. The van der Waals surface area contributed by atoms with Crippen molar-refractivity contribution in [2.75, 3.05) is 30.1 Å². The summed E-state index contributed by atoms with van der Waals surface area (Å²) in [4.78, 5) is 42.1. The van der Waals surface area contributed by atoms with Crippen LogP contribution >= 0.6 is 23.5 Å². The van der Waals surface area contributed by atoms with Crippen LogP contribution in [-0.2, 0) is 40.7 Å². The molecule has 0 aliphatic carbocycles. The minimum Gasteiger partial charge on any atom is -0.448 e. The second kappa shape index (κ2) is 14.0. The van der Waals surface area contributed by atoms with Gasteiger partial charge in [0.05, 0.1) is 11.8 Å². The molecular formula is C29H29N7O7S3. The van der Waals surface area contributed by atoms with E-state index in [1.54, 1.807) is 13.1 Å². The molecule has 17 heteroatoms. The molecule has 14 nitrogen and oxygen atoms in total. The number of fused-ring (bicyclic) bond motifs is 1. The van der Waals surface area contributed by atoms with Gasteiger partial charge in [-0.3, -0.25) is 14.5 Å². The van der Waals surface area contributed by atoms with E-state index in [0.717, 1.165) is 11.1 Å². The van der Waals surface area contributed by atoms with Crippen LogP contribution in [0.3, 0.4) is 0 Å². The Morgan fingerprint density at radius 3 is 2.39 bits per heavy atom. The van der Waals surface area contributed by atoms with Crippen molar-refractivity contribution < 1.29 is 32.3 Å². The molecule has 1 fully saturated rings. The van der Waals surface area contributed by atoms with Gasteiger partial charge in [-0.25, -0.2) is 17.9 Å². The molecule has 3 aromatic rings.